The maximum atomic E-state index is 14.0. The summed E-state index contributed by atoms with van der Waals surface area (Å²) in [4.78, 5) is 30.9. The molecule has 12 nitrogen and oxygen atoms in total. The fourth-order valence-corrected chi connectivity index (χ4v) is 10.8. The topological polar surface area (TPSA) is 155 Å². The minimum absolute atomic E-state index is 0.00420. The molecule has 2 aliphatic heterocycles. The van der Waals surface area contributed by atoms with Gasteiger partial charge < -0.3 is 10.2 Å². The number of sulfonamides is 2. The lowest BCUT2D eigenvalue weighted by atomic mass is 9.94. The van der Waals surface area contributed by atoms with Crippen molar-refractivity contribution in [1.29, 1.82) is 0 Å². The molecule has 0 bridgehead atoms. The number of nitrogens with zero attached hydrogens (tertiary/aromatic N) is 3. The van der Waals surface area contributed by atoms with Crippen molar-refractivity contribution in [2.45, 2.75) is 83.6 Å². The number of nitroso groups, excluding NO2 is 1. The van der Waals surface area contributed by atoms with E-state index in [1.54, 1.807) is 0 Å². The zero-order valence-corrected chi connectivity index (χ0v) is 31.0. The molecule has 2 unspecified atom stereocenters. The number of carbonyl (C=O) groups excluding carboxylic acids is 1. The summed E-state index contributed by atoms with van der Waals surface area (Å²) in [6, 6.07) is 8.60. The quantitative estimate of drug-likeness (QED) is 0.127. The highest BCUT2D eigenvalue weighted by atomic mass is 32.2. The van der Waals surface area contributed by atoms with Crippen LogP contribution in [0.1, 0.15) is 67.7 Å². The highest BCUT2D eigenvalue weighted by Gasteiger charge is 2.34. The number of piperidine rings is 2. The summed E-state index contributed by atoms with van der Waals surface area (Å²) in [5.74, 6) is 0.904. The van der Waals surface area contributed by atoms with Crippen LogP contribution in [-0.2, 0) is 24.9 Å². The van der Waals surface area contributed by atoms with Crippen LogP contribution in [-0.4, -0.2) is 63.8 Å². The van der Waals surface area contributed by atoms with E-state index in [0.29, 0.717) is 37.0 Å². The molecular formula is C35H49N5O7S2. The summed E-state index contributed by atoms with van der Waals surface area (Å²) in [6.45, 7) is 15.5. The Labute approximate surface area is 290 Å². The number of hydrogen-bond donors (Lipinski definition) is 2. The van der Waals surface area contributed by atoms with Crippen molar-refractivity contribution in [2.75, 3.05) is 31.7 Å². The average Bonchev–Trinajstić information content (AvgIpc) is 3.04. The zero-order valence-electron chi connectivity index (χ0n) is 29.4. The first-order valence-corrected chi connectivity index (χ1v) is 20.0. The van der Waals surface area contributed by atoms with Crippen molar-refractivity contribution in [2.24, 2.45) is 34.8 Å². The fraction of sp³-hybridized carbons (Fsp3) is 0.571. The third-order valence-corrected chi connectivity index (χ3v) is 13.8. The van der Waals surface area contributed by atoms with E-state index in [0.717, 1.165) is 19.3 Å². The monoisotopic (exact) mass is 715 g/mol. The van der Waals surface area contributed by atoms with Gasteiger partial charge in [0.2, 0.25) is 20.0 Å². The molecule has 2 heterocycles. The number of hydrogen-bond acceptors (Lipinski definition) is 9. The second-order valence-electron chi connectivity index (χ2n) is 14.6. The minimum Gasteiger partial charge on any atom is -0.324 e. The second kappa shape index (κ2) is 14.5. The van der Waals surface area contributed by atoms with E-state index in [4.69, 9.17) is 4.84 Å². The summed E-state index contributed by atoms with van der Waals surface area (Å²) >= 11 is 0. The van der Waals surface area contributed by atoms with Crippen molar-refractivity contribution in [1.82, 2.24) is 13.9 Å². The lowest BCUT2D eigenvalue weighted by Gasteiger charge is -2.34. The molecule has 49 heavy (non-hydrogen) atoms. The van der Waals surface area contributed by atoms with Gasteiger partial charge in [0.05, 0.1) is 15.5 Å². The Morgan fingerprint density at radius 2 is 1.22 bits per heavy atom. The van der Waals surface area contributed by atoms with Gasteiger partial charge in [0.1, 0.15) is 5.69 Å². The molecule has 2 aliphatic rings. The summed E-state index contributed by atoms with van der Waals surface area (Å²) in [6.07, 6.45) is 1.91. The largest absolute Gasteiger partial charge is 0.431 e. The van der Waals surface area contributed by atoms with Crippen LogP contribution >= 0.6 is 0 Å². The van der Waals surface area contributed by atoms with Gasteiger partial charge in [0.25, 0.3) is 0 Å². The molecule has 1 amide bonds. The normalized spacial score (nSPS) is 24.0. The van der Waals surface area contributed by atoms with Crippen molar-refractivity contribution in [3.63, 3.8) is 0 Å². The van der Waals surface area contributed by atoms with Crippen LogP contribution in [0.3, 0.4) is 0 Å². The molecule has 0 radical (unpaired) electrons. The van der Waals surface area contributed by atoms with E-state index in [-0.39, 0.29) is 67.6 Å². The van der Waals surface area contributed by atoms with Gasteiger partial charge in [-0.25, -0.2) is 27.1 Å². The molecule has 14 heteroatoms. The average molecular weight is 716 g/mol. The van der Waals surface area contributed by atoms with Gasteiger partial charge in [-0.05, 0) is 78.8 Å². The van der Waals surface area contributed by atoms with Crippen molar-refractivity contribution in [3.8, 4) is 0 Å². The van der Waals surface area contributed by atoms with Crippen LogP contribution in [0.15, 0.2) is 51.4 Å². The number of amides is 1. The van der Waals surface area contributed by atoms with E-state index in [2.05, 4.69) is 16.0 Å². The number of benzene rings is 3. The molecule has 2 saturated heterocycles. The third-order valence-electron chi connectivity index (χ3n) is 10.2. The number of rotatable bonds is 10. The first-order chi connectivity index (χ1) is 23.1. The third kappa shape index (κ3) is 7.57. The second-order valence-corrected chi connectivity index (χ2v) is 18.5. The lowest BCUT2D eigenvalue weighted by Crippen LogP contribution is -2.42. The molecular weight excluding hydrogens is 667 g/mol. The zero-order chi connectivity index (χ0) is 35.8. The Balaban J connectivity index is 1.68. The summed E-state index contributed by atoms with van der Waals surface area (Å²) in [7, 11) is -7.90. The van der Waals surface area contributed by atoms with Crippen molar-refractivity contribution in [3.05, 3.63) is 41.3 Å². The van der Waals surface area contributed by atoms with Crippen LogP contribution in [0.4, 0.5) is 16.2 Å². The highest BCUT2D eigenvalue weighted by molar-refractivity contribution is 7.89. The van der Waals surface area contributed by atoms with Crippen LogP contribution < -0.4 is 10.8 Å². The van der Waals surface area contributed by atoms with Gasteiger partial charge >= 0.3 is 6.09 Å². The molecule has 0 aromatic heterocycles. The Kier molecular flexibility index (Phi) is 10.9. The molecule has 6 atom stereocenters. The molecule has 2 N–H and O–H groups in total. The van der Waals surface area contributed by atoms with E-state index < -0.39 is 26.1 Å². The van der Waals surface area contributed by atoms with Crippen LogP contribution in [0.2, 0.25) is 0 Å². The summed E-state index contributed by atoms with van der Waals surface area (Å²) < 4.78 is 58.9. The SMILES string of the molecule is CCC(C)C(C)NC(=O)ONc1c2cc(S(=O)(=O)N3C[C@H](C)C[C@H](C)C3)ccc2c(N=O)c2ccc(S(=O)(=O)N3C[C@H](C)C[C@H](C)C3)cc12. The van der Waals surface area contributed by atoms with E-state index in [1.165, 1.54) is 45.0 Å². The first-order valence-electron chi connectivity index (χ1n) is 17.2. The predicted octanol–water partition coefficient (Wildman–Crippen LogP) is 7.21. The smallest absolute Gasteiger partial charge is 0.324 e. The van der Waals surface area contributed by atoms with E-state index in [1.807, 2.05) is 48.5 Å². The van der Waals surface area contributed by atoms with E-state index in [9.17, 15) is 26.5 Å². The van der Waals surface area contributed by atoms with Crippen LogP contribution in [0, 0.1) is 34.5 Å². The molecule has 3 aromatic carbocycles. The van der Waals surface area contributed by atoms with Gasteiger partial charge in [-0.2, -0.15) is 8.61 Å². The van der Waals surface area contributed by atoms with Crippen LogP contribution in [0.25, 0.3) is 21.5 Å². The van der Waals surface area contributed by atoms with E-state index >= 15 is 0 Å². The summed E-state index contributed by atoms with van der Waals surface area (Å²) in [5.41, 5.74) is 2.87. The maximum Gasteiger partial charge on any atom is 0.431 e. The van der Waals surface area contributed by atoms with Gasteiger partial charge in [-0.1, -0.05) is 60.1 Å². The highest BCUT2D eigenvalue weighted by Crippen LogP contribution is 2.44. The van der Waals surface area contributed by atoms with Gasteiger partial charge in [0.15, 0.2) is 0 Å². The Morgan fingerprint density at radius 3 is 1.61 bits per heavy atom. The molecule has 3 aromatic rings. The standard InChI is InChI=1S/C35H49N5O7S2/c1-8-25(6)26(7)36-35(41)47-38-34-31-15-27(48(43,44)39-17-21(2)13-22(3)18-39)9-11-29(31)33(37-42)30-12-10-28(16-32(30)34)49(45,46)40-19-23(4)14-24(5)20-40/h9-12,15-16,21-26,38H,8,13-14,17-20H2,1-7H3,(H,36,41)/t21-,22+,23-,24+,25?,26?. The van der Waals surface area contributed by atoms with Gasteiger partial charge in [-0.3, -0.25) is 0 Å². The molecule has 5 rings (SSSR count). The van der Waals surface area contributed by atoms with Crippen LogP contribution in [0.5, 0.6) is 0 Å². The lowest BCUT2D eigenvalue weighted by molar-refractivity contribution is 0.162. The minimum atomic E-state index is -3.95. The van der Waals surface area contributed by atoms with Gasteiger partial charge in [0, 0.05) is 53.8 Å². The molecule has 0 saturated carbocycles. The molecule has 268 valence electrons. The van der Waals surface area contributed by atoms with Crippen molar-refractivity contribution < 1.29 is 26.5 Å². The molecule has 0 spiro atoms. The summed E-state index contributed by atoms with van der Waals surface area (Å²) in [5, 5.41) is 7.21. The Bertz CT molecular complexity index is 1820. The molecule has 2 fully saturated rings. The predicted molar refractivity (Wildman–Crippen MR) is 192 cm³/mol. The Morgan fingerprint density at radius 1 is 0.796 bits per heavy atom. The number of carbonyl (C=O) groups is 1. The molecule has 0 aliphatic carbocycles. The number of nitrogens with one attached hydrogen (secondary N) is 2. The number of fused-ring (bicyclic) bond motifs is 2. The fourth-order valence-electron chi connectivity index (χ4n) is 7.40. The van der Waals surface area contributed by atoms with Gasteiger partial charge in [-0.15, -0.1) is 4.91 Å². The number of anilines is 1. The maximum absolute atomic E-state index is 14.0. The first kappa shape index (κ1) is 36.9. The van der Waals surface area contributed by atoms with Crippen molar-refractivity contribution >= 4 is 59.1 Å². The Hall–Kier alpha value is -3.33.